The molecule has 2 rings (SSSR count). The average molecular weight is 216 g/mol. The number of ether oxygens (including phenoxy) is 1. The van der Waals surface area contributed by atoms with Crippen LogP contribution in [0.25, 0.3) is 0 Å². The van der Waals surface area contributed by atoms with E-state index in [1.54, 1.807) is 30.3 Å². The van der Waals surface area contributed by atoms with Crippen LogP contribution in [-0.4, -0.2) is 9.97 Å². The Morgan fingerprint density at radius 1 is 1.06 bits per heavy atom. The zero-order valence-electron chi connectivity index (χ0n) is 8.84. The number of aryl methyl sites for hydroxylation is 1. The van der Waals surface area contributed by atoms with E-state index in [0.717, 1.165) is 5.69 Å². The summed E-state index contributed by atoms with van der Waals surface area (Å²) < 4.78 is 5.51. The Hall–Kier alpha value is -2.30. The number of aromatic nitrogens is 2. The number of nitrogens with two attached hydrogens (primary N) is 2. The number of hydrogen-bond donors (Lipinski definition) is 2. The molecule has 82 valence electrons. The van der Waals surface area contributed by atoms with Gasteiger partial charge in [0.15, 0.2) is 0 Å². The smallest absolute Gasteiger partial charge is 0.224 e. The van der Waals surface area contributed by atoms with Gasteiger partial charge in [-0.2, -0.15) is 4.98 Å². The molecule has 0 spiro atoms. The molecule has 0 atom stereocenters. The van der Waals surface area contributed by atoms with E-state index in [2.05, 4.69) is 9.97 Å². The van der Waals surface area contributed by atoms with Crippen molar-refractivity contribution in [2.45, 2.75) is 6.92 Å². The third kappa shape index (κ3) is 2.38. The zero-order chi connectivity index (χ0) is 11.5. The van der Waals surface area contributed by atoms with E-state index in [1.807, 2.05) is 6.92 Å². The molecule has 1 aromatic carbocycles. The molecule has 5 heteroatoms. The summed E-state index contributed by atoms with van der Waals surface area (Å²) in [5, 5.41) is 0. The fourth-order valence-corrected chi connectivity index (χ4v) is 1.27. The topological polar surface area (TPSA) is 87.0 Å². The Bertz CT molecular complexity index is 476. The third-order valence-corrected chi connectivity index (χ3v) is 1.95. The van der Waals surface area contributed by atoms with Crippen molar-refractivity contribution in [2.24, 2.45) is 0 Å². The summed E-state index contributed by atoms with van der Waals surface area (Å²) >= 11 is 0. The van der Waals surface area contributed by atoms with Gasteiger partial charge in [0, 0.05) is 17.4 Å². The highest BCUT2D eigenvalue weighted by molar-refractivity contribution is 5.42. The molecule has 16 heavy (non-hydrogen) atoms. The van der Waals surface area contributed by atoms with Crippen LogP contribution in [0.5, 0.6) is 11.6 Å². The number of nitrogen functional groups attached to an aromatic ring is 2. The molecule has 0 radical (unpaired) electrons. The quantitative estimate of drug-likeness (QED) is 0.746. The van der Waals surface area contributed by atoms with Crippen LogP contribution in [0.3, 0.4) is 0 Å². The fraction of sp³-hybridized carbons (Fsp3) is 0.0909. The molecule has 1 heterocycles. The van der Waals surface area contributed by atoms with E-state index in [-0.39, 0.29) is 5.95 Å². The zero-order valence-corrected chi connectivity index (χ0v) is 8.84. The number of benzene rings is 1. The minimum atomic E-state index is 0.199. The minimum absolute atomic E-state index is 0.199. The standard InChI is InChI=1S/C11H12N4O/c1-7-6-10(15-11(13)14-7)16-9-4-2-8(12)3-5-9/h2-6H,12H2,1H3,(H2,13,14,15). The molecular weight excluding hydrogens is 204 g/mol. The van der Waals surface area contributed by atoms with Crippen LogP contribution < -0.4 is 16.2 Å². The third-order valence-electron chi connectivity index (χ3n) is 1.95. The number of hydrogen-bond acceptors (Lipinski definition) is 5. The largest absolute Gasteiger partial charge is 0.439 e. The normalized spacial score (nSPS) is 10.1. The number of anilines is 2. The molecule has 5 nitrogen and oxygen atoms in total. The Balaban J connectivity index is 2.23. The van der Waals surface area contributed by atoms with Gasteiger partial charge in [-0.3, -0.25) is 0 Å². The maximum Gasteiger partial charge on any atom is 0.224 e. The molecule has 2 aromatic rings. The van der Waals surface area contributed by atoms with Crippen molar-refractivity contribution in [3.63, 3.8) is 0 Å². The Kier molecular flexibility index (Phi) is 2.59. The summed E-state index contributed by atoms with van der Waals surface area (Å²) in [4.78, 5) is 7.92. The first-order valence-electron chi connectivity index (χ1n) is 4.78. The molecular formula is C11H12N4O. The van der Waals surface area contributed by atoms with E-state index < -0.39 is 0 Å². The summed E-state index contributed by atoms with van der Waals surface area (Å²) in [5.74, 6) is 1.28. The predicted molar refractivity (Wildman–Crippen MR) is 62.1 cm³/mol. The van der Waals surface area contributed by atoms with Gasteiger partial charge in [-0.1, -0.05) is 0 Å². The highest BCUT2D eigenvalue weighted by Gasteiger charge is 2.01. The fourth-order valence-electron chi connectivity index (χ4n) is 1.27. The molecule has 0 aliphatic rings. The first-order chi connectivity index (χ1) is 7.63. The van der Waals surface area contributed by atoms with E-state index in [4.69, 9.17) is 16.2 Å². The van der Waals surface area contributed by atoms with Gasteiger partial charge < -0.3 is 16.2 Å². The van der Waals surface area contributed by atoms with Gasteiger partial charge >= 0.3 is 0 Å². The summed E-state index contributed by atoms with van der Waals surface area (Å²) in [6, 6.07) is 8.76. The van der Waals surface area contributed by atoms with Crippen LogP contribution in [0, 0.1) is 6.92 Å². The van der Waals surface area contributed by atoms with Gasteiger partial charge in [-0.05, 0) is 31.2 Å². The number of nitrogens with zero attached hydrogens (tertiary/aromatic N) is 2. The predicted octanol–water partition coefficient (Wildman–Crippen LogP) is 1.74. The Labute approximate surface area is 93.1 Å². The number of rotatable bonds is 2. The van der Waals surface area contributed by atoms with Crippen molar-refractivity contribution in [3.8, 4) is 11.6 Å². The van der Waals surface area contributed by atoms with Crippen molar-refractivity contribution < 1.29 is 4.74 Å². The van der Waals surface area contributed by atoms with E-state index >= 15 is 0 Å². The lowest BCUT2D eigenvalue weighted by Gasteiger charge is -2.05. The lowest BCUT2D eigenvalue weighted by Crippen LogP contribution is -1.98. The van der Waals surface area contributed by atoms with E-state index in [1.165, 1.54) is 0 Å². The molecule has 0 bridgehead atoms. The van der Waals surface area contributed by atoms with Gasteiger partial charge in [0.25, 0.3) is 0 Å². The van der Waals surface area contributed by atoms with Crippen molar-refractivity contribution in [2.75, 3.05) is 11.5 Å². The van der Waals surface area contributed by atoms with Crippen molar-refractivity contribution >= 4 is 11.6 Å². The maximum absolute atomic E-state index is 5.57. The lowest BCUT2D eigenvalue weighted by atomic mass is 10.3. The molecule has 0 amide bonds. The van der Waals surface area contributed by atoms with Gasteiger partial charge in [-0.25, -0.2) is 4.98 Å². The molecule has 0 saturated heterocycles. The summed E-state index contributed by atoms with van der Waals surface area (Å²) in [6.07, 6.45) is 0. The molecule has 0 fully saturated rings. The van der Waals surface area contributed by atoms with Gasteiger partial charge in [0.1, 0.15) is 5.75 Å². The van der Waals surface area contributed by atoms with Crippen LogP contribution >= 0.6 is 0 Å². The second-order valence-corrected chi connectivity index (χ2v) is 3.38. The van der Waals surface area contributed by atoms with Crippen molar-refractivity contribution in [3.05, 3.63) is 36.0 Å². The maximum atomic E-state index is 5.57. The van der Waals surface area contributed by atoms with Gasteiger partial charge in [-0.15, -0.1) is 0 Å². The van der Waals surface area contributed by atoms with E-state index in [9.17, 15) is 0 Å². The van der Waals surface area contributed by atoms with Crippen molar-refractivity contribution in [1.82, 2.24) is 9.97 Å². The molecule has 0 aliphatic carbocycles. The SMILES string of the molecule is Cc1cc(Oc2ccc(N)cc2)nc(N)n1. The highest BCUT2D eigenvalue weighted by atomic mass is 16.5. The molecule has 4 N–H and O–H groups in total. The summed E-state index contributed by atoms with van der Waals surface area (Å²) in [6.45, 7) is 1.83. The van der Waals surface area contributed by atoms with Gasteiger partial charge in [0.2, 0.25) is 11.8 Å². The molecule has 0 aliphatic heterocycles. The van der Waals surface area contributed by atoms with Crippen LogP contribution in [-0.2, 0) is 0 Å². The first kappa shape index (κ1) is 10.2. The lowest BCUT2D eigenvalue weighted by molar-refractivity contribution is 0.462. The second kappa shape index (κ2) is 4.06. The van der Waals surface area contributed by atoms with Crippen LogP contribution in [0.4, 0.5) is 11.6 Å². The molecule has 0 saturated carbocycles. The summed E-state index contributed by atoms with van der Waals surface area (Å²) in [7, 11) is 0. The Morgan fingerprint density at radius 2 is 1.75 bits per heavy atom. The Morgan fingerprint density at radius 3 is 2.38 bits per heavy atom. The minimum Gasteiger partial charge on any atom is -0.439 e. The first-order valence-corrected chi connectivity index (χ1v) is 4.78. The monoisotopic (exact) mass is 216 g/mol. The molecule has 0 unspecified atom stereocenters. The van der Waals surface area contributed by atoms with Crippen LogP contribution in [0.2, 0.25) is 0 Å². The van der Waals surface area contributed by atoms with Crippen molar-refractivity contribution in [1.29, 1.82) is 0 Å². The summed E-state index contributed by atoms with van der Waals surface area (Å²) in [5.41, 5.74) is 12.5. The second-order valence-electron chi connectivity index (χ2n) is 3.38. The van der Waals surface area contributed by atoms with Gasteiger partial charge in [0.05, 0.1) is 0 Å². The average Bonchev–Trinajstić information content (AvgIpc) is 2.20. The van der Waals surface area contributed by atoms with Crippen LogP contribution in [0.15, 0.2) is 30.3 Å². The molecule has 1 aromatic heterocycles. The van der Waals surface area contributed by atoms with Crippen LogP contribution in [0.1, 0.15) is 5.69 Å². The highest BCUT2D eigenvalue weighted by Crippen LogP contribution is 2.21. The van der Waals surface area contributed by atoms with E-state index in [0.29, 0.717) is 17.3 Å².